The number of halogens is 1. The monoisotopic (exact) mass is 280 g/mol. The summed E-state index contributed by atoms with van der Waals surface area (Å²) in [5.41, 5.74) is 0.788. The molecule has 0 aliphatic carbocycles. The summed E-state index contributed by atoms with van der Waals surface area (Å²) in [6, 6.07) is 5.58. The highest BCUT2D eigenvalue weighted by molar-refractivity contribution is 5.98. The first-order valence-electron chi connectivity index (χ1n) is 6.35. The van der Waals surface area contributed by atoms with E-state index in [9.17, 15) is 14.0 Å². The molecule has 1 aromatic rings. The molecule has 0 amide bonds. The van der Waals surface area contributed by atoms with Crippen LogP contribution in [0.25, 0.3) is 6.08 Å². The van der Waals surface area contributed by atoms with Gasteiger partial charge < -0.3 is 9.47 Å². The van der Waals surface area contributed by atoms with Gasteiger partial charge in [0.15, 0.2) is 0 Å². The Labute approximate surface area is 117 Å². The predicted octanol–water partition coefficient (Wildman–Crippen LogP) is 2.73. The van der Waals surface area contributed by atoms with Gasteiger partial charge >= 0.3 is 11.9 Å². The number of hydrogen-bond donors (Lipinski definition) is 0. The van der Waals surface area contributed by atoms with Crippen LogP contribution in [0.3, 0.4) is 0 Å². The molecular weight excluding hydrogens is 263 g/mol. The molecule has 0 unspecified atom stereocenters. The molecular formula is C15H17FO4. The first-order chi connectivity index (χ1) is 9.56. The zero-order valence-corrected chi connectivity index (χ0v) is 11.5. The molecule has 108 valence electrons. The third-order valence-electron chi connectivity index (χ3n) is 2.39. The lowest BCUT2D eigenvalue weighted by atomic mass is 10.1. The minimum Gasteiger partial charge on any atom is -0.466 e. The number of carbonyl (C=O) groups is 2. The molecule has 0 aliphatic rings. The maximum atomic E-state index is 12.8. The van der Waals surface area contributed by atoms with Crippen LogP contribution in [0, 0.1) is 5.82 Å². The van der Waals surface area contributed by atoms with Crippen molar-refractivity contribution in [2.45, 2.75) is 20.3 Å². The van der Waals surface area contributed by atoms with E-state index in [-0.39, 0.29) is 31.0 Å². The van der Waals surface area contributed by atoms with E-state index in [1.54, 1.807) is 13.8 Å². The van der Waals surface area contributed by atoms with Gasteiger partial charge in [0.1, 0.15) is 5.82 Å². The Morgan fingerprint density at radius 3 is 2.25 bits per heavy atom. The van der Waals surface area contributed by atoms with Crippen LogP contribution in [0.15, 0.2) is 29.8 Å². The summed E-state index contributed by atoms with van der Waals surface area (Å²) < 4.78 is 22.5. The number of carbonyl (C=O) groups excluding carboxylic acids is 2. The molecule has 5 heteroatoms. The van der Waals surface area contributed by atoms with Gasteiger partial charge in [-0.3, -0.25) is 4.79 Å². The van der Waals surface area contributed by atoms with E-state index in [4.69, 9.17) is 9.47 Å². The third-order valence-corrected chi connectivity index (χ3v) is 2.39. The molecule has 1 aromatic carbocycles. The summed E-state index contributed by atoms with van der Waals surface area (Å²) in [4.78, 5) is 23.3. The molecule has 0 N–H and O–H groups in total. The summed E-state index contributed by atoms with van der Waals surface area (Å²) in [6.07, 6.45) is 1.32. The van der Waals surface area contributed by atoms with Crippen LogP contribution in [0.1, 0.15) is 25.8 Å². The molecule has 0 atom stereocenters. The Bertz CT molecular complexity index is 491. The van der Waals surface area contributed by atoms with Gasteiger partial charge in [0.25, 0.3) is 0 Å². The zero-order chi connectivity index (χ0) is 15.0. The summed E-state index contributed by atoms with van der Waals surface area (Å²) >= 11 is 0. The first-order valence-corrected chi connectivity index (χ1v) is 6.35. The Kier molecular flexibility index (Phi) is 6.43. The fourth-order valence-corrected chi connectivity index (χ4v) is 1.53. The van der Waals surface area contributed by atoms with Crippen molar-refractivity contribution in [1.29, 1.82) is 0 Å². The largest absolute Gasteiger partial charge is 0.466 e. The van der Waals surface area contributed by atoms with E-state index in [1.807, 2.05) is 0 Å². The summed E-state index contributed by atoms with van der Waals surface area (Å²) in [6.45, 7) is 3.82. The highest BCUT2D eigenvalue weighted by Crippen LogP contribution is 2.13. The SMILES string of the molecule is CCOC(=O)C/C(=C\c1ccc(F)cc1)C(=O)OCC. The molecule has 0 fully saturated rings. The first kappa shape index (κ1) is 15.9. The molecule has 0 aliphatic heterocycles. The molecule has 0 heterocycles. The third kappa shape index (κ3) is 5.22. The van der Waals surface area contributed by atoms with E-state index < -0.39 is 11.9 Å². The van der Waals surface area contributed by atoms with Crippen LogP contribution in [0.5, 0.6) is 0 Å². The Morgan fingerprint density at radius 1 is 1.10 bits per heavy atom. The van der Waals surface area contributed by atoms with Crippen molar-refractivity contribution in [3.63, 3.8) is 0 Å². The molecule has 4 nitrogen and oxygen atoms in total. The number of benzene rings is 1. The smallest absolute Gasteiger partial charge is 0.334 e. The second kappa shape index (κ2) is 8.09. The fourth-order valence-electron chi connectivity index (χ4n) is 1.53. The van der Waals surface area contributed by atoms with Crippen molar-refractivity contribution in [2.75, 3.05) is 13.2 Å². The molecule has 0 radical (unpaired) electrons. The van der Waals surface area contributed by atoms with E-state index in [1.165, 1.54) is 30.3 Å². The van der Waals surface area contributed by atoms with Gasteiger partial charge in [-0.1, -0.05) is 12.1 Å². The summed E-state index contributed by atoms with van der Waals surface area (Å²) in [7, 11) is 0. The van der Waals surface area contributed by atoms with Crippen molar-refractivity contribution in [3.8, 4) is 0 Å². The van der Waals surface area contributed by atoms with Gasteiger partial charge in [-0.2, -0.15) is 0 Å². The molecule has 0 saturated carbocycles. The highest BCUT2D eigenvalue weighted by Gasteiger charge is 2.16. The fraction of sp³-hybridized carbons (Fsp3) is 0.333. The number of esters is 2. The van der Waals surface area contributed by atoms with Crippen molar-refractivity contribution < 1.29 is 23.5 Å². The predicted molar refractivity (Wildman–Crippen MR) is 72.3 cm³/mol. The van der Waals surface area contributed by atoms with Crippen LogP contribution in [0.4, 0.5) is 4.39 Å². The van der Waals surface area contributed by atoms with E-state index in [0.29, 0.717) is 5.56 Å². The molecule has 0 spiro atoms. The van der Waals surface area contributed by atoms with Crippen molar-refractivity contribution in [1.82, 2.24) is 0 Å². The van der Waals surface area contributed by atoms with Crippen molar-refractivity contribution >= 4 is 18.0 Å². The maximum absolute atomic E-state index is 12.8. The number of ether oxygens (including phenoxy) is 2. The van der Waals surface area contributed by atoms with Crippen LogP contribution in [-0.2, 0) is 19.1 Å². The lowest BCUT2D eigenvalue weighted by Gasteiger charge is -2.07. The topological polar surface area (TPSA) is 52.6 Å². The molecule has 0 bridgehead atoms. The van der Waals surface area contributed by atoms with Crippen molar-refractivity contribution in [2.24, 2.45) is 0 Å². The van der Waals surface area contributed by atoms with E-state index >= 15 is 0 Å². The van der Waals surface area contributed by atoms with Crippen LogP contribution < -0.4 is 0 Å². The van der Waals surface area contributed by atoms with Gasteiger partial charge in [-0.05, 0) is 37.6 Å². The lowest BCUT2D eigenvalue weighted by Crippen LogP contribution is -2.13. The standard InChI is InChI=1S/C15H17FO4/c1-3-19-14(17)10-12(15(18)20-4-2)9-11-5-7-13(16)8-6-11/h5-9H,3-4,10H2,1-2H3/b12-9+. The minimum atomic E-state index is -0.579. The second-order valence-corrected chi connectivity index (χ2v) is 3.92. The normalized spacial score (nSPS) is 11.1. The van der Waals surface area contributed by atoms with E-state index in [2.05, 4.69) is 0 Å². The van der Waals surface area contributed by atoms with Gasteiger partial charge in [0, 0.05) is 5.57 Å². The average molecular weight is 280 g/mol. The number of hydrogen-bond acceptors (Lipinski definition) is 4. The zero-order valence-electron chi connectivity index (χ0n) is 11.5. The highest BCUT2D eigenvalue weighted by atomic mass is 19.1. The summed E-state index contributed by atoms with van der Waals surface area (Å²) in [5, 5.41) is 0. The Hall–Kier alpha value is -2.17. The quantitative estimate of drug-likeness (QED) is 0.594. The van der Waals surface area contributed by atoms with Gasteiger partial charge in [-0.15, -0.1) is 0 Å². The molecule has 20 heavy (non-hydrogen) atoms. The van der Waals surface area contributed by atoms with Gasteiger partial charge in [0.2, 0.25) is 0 Å². The number of rotatable bonds is 6. The Balaban J connectivity index is 2.93. The second-order valence-electron chi connectivity index (χ2n) is 3.92. The molecule has 0 aromatic heterocycles. The van der Waals surface area contributed by atoms with Crippen LogP contribution >= 0.6 is 0 Å². The summed E-state index contributed by atoms with van der Waals surface area (Å²) in [5.74, 6) is -1.45. The maximum Gasteiger partial charge on any atom is 0.334 e. The Morgan fingerprint density at radius 2 is 1.70 bits per heavy atom. The van der Waals surface area contributed by atoms with Gasteiger partial charge in [0.05, 0.1) is 19.6 Å². The minimum absolute atomic E-state index is 0.177. The molecule has 0 saturated heterocycles. The van der Waals surface area contributed by atoms with E-state index in [0.717, 1.165) is 0 Å². The molecule has 1 rings (SSSR count). The average Bonchev–Trinajstić information content (AvgIpc) is 2.41. The van der Waals surface area contributed by atoms with Crippen LogP contribution in [-0.4, -0.2) is 25.2 Å². The van der Waals surface area contributed by atoms with Gasteiger partial charge in [-0.25, -0.2) is 9.18 Å². The van der Waals surface area contributed by atoms with Crippen molar-refractivity contribution in [3.05, 3.63) is 41.2 Å². The van der Waals surface area contributed by atoms with Crippen LogP contribution in [0.2, 0.25) is 0 Å². The lowest BCUT2D eigenvalue weighted by molar-refractivity contribution is -0.145.